The highest BCUT2D eigenvalue weighted by Gasteiger charge is 2.48. The lowest BCUT2D eigenvalue weighted by Crippen LogP contribution is -2.46. The van der Waals surface area contributed by atoms with E-state index in [9.17, 15) is 14.7 Å². The molecule has 3 aromatic rings. The number of carbonyl (C=O) groups is 1. The molecule has 0 fully saturated rings. The molecule has 5 rings (SSSR count). The maximum atomic E-state index is 13.5. The van der Waals surface area contributed by atoms with Crippen molar-refractivity contribution in [2.24, 2.45) is 0 Å². The zero-order valence-corrected chi connectivity index (χ0v) is 17.0. The van der Waals surface area contributed by atoms with Crippen molar-refractivity contribution in [3.63, 3.8) is 0 Å². The number of hydrogen-bond donors (Lipinski definition) is 1. The first-order valence-electron chi connectivity index (χ1n) is 9.57. The Bertz CT molecular complexity index is 1240. The van der Waals surface area contributed by atoms with Crippen LogP contribution in [0.3, 0.4) is 0 Å². The molecule has 4 heterocycles. The molecule has 0 aliphatic carbocycles. The molecule has 0 amide bonds. The van der Waals surface area contributed by atoms with E-state index in [4.69, 9.17) is 9.72 Å². The molecule has 29 heavy (non-hydrogen) atoms. The lowest BCUT2D eigenvalue weighted by atomic mass is 9.84. The molecule has 2 aromatic heterocycles. The fourth-order valence-electron chi connectivity index (χ4n) is 4.34. The maximum absolute atomic E-state index is 13.5. The minimum absolute atomic E-state index is 0.131. The Morgan fingerprint density at radius 3 is 2.86 bits per heavy atom. The van der Waals surface area contributed by atoms with Gasteiger partial charge in [0, 0.05) is 22.3 Å². The van der Waals surface area contributed by atoms with E-state index in [1.54, 1.807) is 17.6 Å². The van der Waals surface area contributed by atoms with Gasteiger partial charge in [-0.2, -0.15) is 11.8 Å². The minimum Gasteiger partial charge on any atom is -0.454 e. The van der Waals surface area contributed by atoms with Gasteiger partial charge in [-0.05, 0) is 30.9 Å². The molecular weight excluding hydrogens is 388 g/mol. The third-order valence-corrected chi connectivity index (χ3v) is 6.53. The molecule has 0 bridgehead atoms. The number of aromatic nitrogens is 2. The standard InChI is InChI=1S/C22H20N2O4S/c1-3-22(27)14-9-16-19-13(8-12-6-4-5-7-15(12)23-19)10-24(16)20(25)18(14)17(11-29-2)28-21(22)26/h4-9,17,27H,3,10-11H2,1-2H3/t17?,22-/m0/s1. The molecule has 6 nitrogen and oxygen atoms in total. The van der Waals surface area contributed by atoms with Crippen molar-refractivity contribution >= 4 is 28.6 Å². The van der Waals surface area contributed by atoms with E-state index in [-0.39, 0.29) is 12.0 Å². The molecule has 0 saturated carbocycles. The lowest BCUT2D eigenvalue weighted by Gasteiger charge is -2.36. The van der Waals surface area contributed by atoms with Gasteiger partial charge in [0.05, 0.1) is 29.0 Å². The first-order chi connectivity index (χ1) is 14.0. The van der Waals surface area contributed by atoms with E-state index in [1.165, 1.54) is 11.8 Å². The molecule has 2 aliphatic rings. The second kappa shape index (κ2) is 6.43. The van der Waals surface area contributed by atoms with Gasteiger partial charge in [-0.15, -0.1) is 0 Å². The van der Waals surface area contributed by atoms with Gasteiger partial charge in [0.15, 0.2) is 5.60 Å². The Morgan fingerprint density at radius 2 is 2.10 bits per heavy atom. The number of para-hydroxylation sites is 1. The highest BCUT2D eigenvalue weighted by molar-refractivity contribution is 7.98. The number of nitrogens with zero attached hydrogens (tertiary/aromatic N) is 2. The number of benzene rings is 1. The Hall–Kier alpha value is -2.64. The third kappa shape index (κ3) is 2.50. The number of esters is 1. The fraction of sp³-hybridized carbons (Fsp3) is 0.318. The Balaban J connectivity index is 1.80. The molecular formula is C22H20N2O4S. The van der Waals surface area contributed by atoms with Crippen molar-refractivity contribution < 1.29 is 14.6 Å². The molecule has 148 valence electrons. The van der Waals surface area contributed by atoms with Crippen LogP contribution in [0.1, 0.15) is 36.1 Å². The van der Waals surface area contributed by atoms with Crippen molar-refractivity contribution in [1.29, 1.82) is 0 Å². The monoisotopic (exact) mass is 408 g/mol. The van der Waals surface area contributed by atoms with Crippen LogP contribution in [0.2, 0.25) is 0 Å². The minimum atomic E-state index is -1.82. The van der Waals surface area contributed by atoms with Crippen LogP contribution in [0.5, 0.6) is 0 Å². The number of fused-ring (bicyclic) bond motifs is 5. The van der Waals surface area contributed by atoms with Crippen LogP contribution in [-0.4, -0.2) is 32.6 Å². The average Bonchev–Trinajstić information content (AvgIpc) is 3.08. The number of rotatable bonds is 3. The SMILES string of the molecule is CC[C@@]1(O)C(=O)OC(CSC)c2c1cc1n(c2=O)Cc2cc3ccccc3nc2-1. The van der Waals surface area contributed by atoms with Gasteiger partial charge in [-0.3, -0.25) is 4.79 Å². The van der Waals surface area contributed by atoms with Crippen LogP contribution >= 0.6 is 11.8 Å². The van der Waals surface area contributed by atoms with E-state index in [1.807, 2.05) is 30.5 Å². The highest BCUT2D eigenvalue weighted by atomic mass is 32.2. The number of hydrogen-bond acceptors (Lipinski definition) is 6. The smallest absolute Gasteiger partial charge is 0.343 e. The van der Waals surface area contributed by atoms with Crippen molar-refractivity contribution in [3.8, 4) is 11.4 Å². The molecule has 1 N–H and O–H groups in total. The Labute approximate surface area is 171 Å². The number of cyclic esters (lactones) is 1. The van der Waals surface area contributed by atoms with Crippen molar-refractivity contribution in [2.45, 2.75) is 31.6 Å². The van der Waals surface area contributed by atoms with Gasteiger partial charge in [-0.25, -0.2) is 9.78 Å². The van der Waals surface area contributed by atoms with Gasteiger partial charge in [-0.1, -0.05) is 25.1 Å². The number of aliphatic hydroxyl groups is 1. The molecule has 1 unspecified atom stereocenters. The quantitative estimate of drug-likeness (QED) is 0.525. The number of pyridine rings is 2. The summed E-state index contributed by atoms with van der Waals surface area (Å²) in [7, 11) is 0. The largest absolute Gasteiger partial charge is 0.454 e. The van der Waals surface area contributed by atoms with Crippen LogP contribution in [0, 0.1) is 0 Å². The summed E-state index contributed by atoms with van der Waals surface area (Å²) in [5, 5.41) is 12.1. The molecule has 1 aromatic carbocycles. The first kappa shape index (κ1) is 18.4. The van der Waals surface area contributed by atoms with E-state index < -0.39 is 17.7 Å². The van der Waals surface area contributed by atoms with E-state index in [2.05, 4.69) is 6.07 Å². The topological polar surface area (TPSA) is 81.4 Å². The van der Waals surface area contributed by atoms with Crippen LogP contribution in [0.4, 0.5) is 0 Å². The molecule has 2 aliphatic heterocycles. The van der Waals surface area contributed by atoms with Crippen LogP contribution < -0.4 is 5.56 Å². The zero-order valence-electron chi connectivity index (χ0n) is 16.1. The predicted molar refractivity (Wildman–Crippen MR) is 112 cm³/mol. The predicted octanol–water partition coefficient (Wildman–Crippen LogP) is 2.98. The molecule has 0 radical (unpaired) electrons. The third-order valence-electron chi connectivity index (χ3n) is 5.90. The normalized spacial score (nSPS) is 22.2. The van der Waals surface area contributed by atoms with E-state index >= 15 is 0 Å². The number of ether oxygens (including phenoxy) is 1. The summed E-state index contributed by atoms with van der Waals surface area (Å²) >= 11 is 1.49. The molecule has 0 saturated heterocycles. The summed E-state index contributed by atoms with van der Waals surface area (Å²) in [6, 6.07) is 11.6. The molecule has 0 spiro atoms. The van der Waals surface area contributed by atoms with Crippen LogP contribution in [-0.2, 0) is 21.7 Å². The Morgan fingerprint density at radius 1 is 1.31 bits per heavy atom. The molecule has 2 atom stereocenters. The second-order valence-electron chi connectivity index (χ2n) is 7.50. The van der Waals surface area contributed by atoms with E-state index in [0.29, 0.717) is 29.1 Å². The van der Waals surface area contributed by atoms with Gasteiger partial charge in [0.1, 0.15) is 6.10 Å². The van der Waals surface area contributed by atoms with Crippen LogP contribution in [0.25, 0.3) is 22.3 Å². The van der Waals surface area contributed by atoms with Gasteiger partial charge >= 0.3 is 5.97 Å². The summed E-state index contributed by atoms with van der Waals surface area (Å²) in [4.78, 5) is 30.9. The van der Waals surface area contributed by atoms with Crippen molar-refractivity contribution in [2.75, 3.05) is 12.0 Å². The summed E-state index contributed by atoms with van der Waals surface area (Å²) in [5.74, 6) is -0.233. The average molecular weight is 408 g/mol. The van der Waals surface area contributed by atoms with Gasteiger partial charge in [0.25, 0.3) is 5.56 Å². The lowest BCUT2D eigenvalue weighted by molar-refractivity contribution is -0.176. The van der Waals surface area contributed by atoms with Crippen LogP contribution in [0.15, 0.2) is 41.2 Å². The number of thioether (sulfide) groups is 1. The Kier molecular flexibility index (Phi) is 4.08. The van der Waals surface area contributed by atoms with Crippen molar-refractivity contribution in [3.05, 3.63) is 63.4 Å². The first-order valence-corrected chi connectivity index (χ1v) is 11.0. The molecule has 7 heteroatoms. The van der Waals surface area contributed by atoms with Crippen molar-refractivity contribution in [1.82, 2.24) is 9.55 Å². The van der Waals surface area contributed by atoms with Gasteiger partial charge in [0.2, 0.25) is 0 Å². The number of carbonyl (C=O) groups excluding carboxylic acids is 1. The fourth-order valence-corrected chi connectivity index (χ4v) is 4.88. The second-order valence-corrected chi connectivity index (χ2v) is 8.41. The summed E-state index contributed by atoms with van der Waals surface area (Å²) in [5.41, 5.74) is 1.85. The maximum Gasteiger partial charge on any atom is 0.343 e. The van der Waals surface area contributed by atoms with Gasteiger partial charge < -0.3 is 14.4 Å². The van der Waals surface area contributed by atoms with E-state index in [0.717, 1.165) is 22.2 Å². The summed E-state index contributed by atoms with van der Waals surface area (Å²) in [6.45, 7) is 2.13. The summed E-state index contributed by atoms with van der Waals surface area (Å²) < 4.78 is 7.18. The zero-order chi connectivity index (χ0) is 20.3. The highest BCUT2D eigenvalue weighted by Crippen LogP contribution is 2.42. The summed E-state index contributed by atoms with van der Waals surface area (Å²) in [6.07, 6.45) is 1.36.